The van der Waals surface area contributed by atoms with E-state index in [1.54, 1.807) is 0 Å². The van der Waals surface area contributed by atoms with Crippen LogP contribution in [-0.2, 0) is 17.9 Å². The Bertz CT molecular complexity index is 1450. The minimum absolute atomic E-state index is 0.0723. The Morgan fingerprint density at radius 2 is 1.94 bits per heavy atom. The number of benzene rings is 2. The van der Waals surface area contributed by atoms with E-state index >= 15 is 0 Å². The lowest BCUT2D eigenvalue weighted by molar-refractivity contribution is -0.118. The summed E-state index contributed by atoms with van der Waals surface area (Å²) in [5, 5.41) is 7.42. The predicted molar refractivity (Wildman–Crippen MR) is 133 cm³/mol. The smallest absolute Gasteiger partial charge is 0.280 e. The van der Waals surface area contributed by atoms with Gasteiger partial charge in [0.25, 0.3) is 11.5 Å². The van der Waals surface area contributed by atoms with Crippen LogP contribution in [0.25, 0.3) is 22.0 Å². The number of oxazole rings is 1. The highest BCUT2D eigenvalue weighted by atomic mass is 16.5. The van der Waals surface area contributed by atoms with Crippen LogP contribution in [0.5, 0.6) is 5.75 Å². The third-order valence-electron chi connectivity index (χ3n) is 6.95. The van der Waals surface area contributed by atoms with Gasteiger partial charge >= 0.3 is 0 Å². The van der Waals surface area contributed by atoms with Crippen LogP contribution in [0.1, 0.15) is 18.4 Å². The van der Waals surface area contributed by atoms with Crippen LogP contribution in [0.3, 0.4) is 0 Å². The fraction of sp³-hybridized carbons (Fsp3) is 0.346. The van der Waals surface area contributed by atoms with Crippen LogP contribution in [0.4, 0.5) is 5.69 Å². The first-order valence-corrected chi connectivity index (χ1v) is 12.0. The van der Waals surface area contributed by atoms with E-state index in [0.29, 0.717) is 23.7 Å². The molecule has 6 rings (SSSR count). The van der Waals surface area contributed by atoms with Gasteiger partial charge in [-0.05, 0) is 55.8 Å². The van der Waals surface area contributed by atoms with Gasteiger partial charge in [0, 0.05) is 31.1 Å². The number of para-hydroxylation sites is 1. The summed E-state index contributed by atoms with van der Waals surface area (Å²) in [5.74, 6) is 0.599. The van der Waals surface area contributed by atoms with E-state index in [1.165, 1.54) is 6.39 Å². The molecular weight excluding hydrogens is 446 g/mol. The second kappa shape index (κ2) is 9.16. The maximum atomic E-state index is 13.0. The molecule has 2 N–H and O–H groups in total. The van der Waals surface area contributed by atoms with Gasteiger partial charge in [-0.25, -0.2) is 4.98 Å². The van der Waals surface area contributed by atoms with Crippen molar-refractivity contribution in [1.82, 2.24) is 19.8 Å². The summed E-state index contributed by atoms with van der Waals surface area (Å²) in [6, 6.07) is 14.2. The van der Waals surface area contributed by atoms with E-state index in [4.69, 9.17) is 9.15 Å². The summed E-state index contributed by atoms with van der Waals surface area (Å²) in [7, 11) is 0. The summed E-state index contributed by atoms with van der Waals surface area (Å²) < 4.78 is 12.7. The van der Waals surface area contributed by atoms with Gasteiger partial charge in [0.05, 0.1) is 11.2 Å². The van der Waals surface area contributed by atoms with Crippen LogP contribution < -0.4 is 20.9 Å². The van der Waals surface area contributed by atoms with Crippen molar-refractivity contribution in [3.63, 3.8) is 0 Å². The quantitative estimate of drug-likeness (QED) is 0.444. The maximum Gasteiger partial charge on any atom is 0.280 e. The molecule has 9 nitrogen and oxygen atoms in total. The molecule has 2 aromatic heterocycles. The van der Waals surface area contributed by atoms with Crippen molar-refractivity contribution in [3.05, 3.63) is 64.8 Å². The van der Waals surface area contributed by atoms with Crippen molar-refractivity contribution in [3.8, 4) is 5.75 Å². The minimum Gasteiger partial charge on any atom is -0.482 e. The first-order chi connectivity index (χ1) is 17.2. The number of ether oxygens (including phenoxy) is 1. The van der Waals surface area contributed by atoms with E-state index < -0.39 is 0 Å². The zero-order chi connectivity index (χ0) is 23.8. The number of rotatable bonds is 6. The standard InChI is InChI=1S/C26H27N5O4/c32-23-15-34-22-6-5-17(13-20(22)29-23)14-27-18-7-9-30(10-8-18)11-12-31-21-4-2-1-3-19(21)25-24(26(31)33)28-16-35-25/h1-6,13,16,18,27H,7-12,14-15H2,(H,29,32). The summed E-state index contributed by atoms with van der Waals surface area (Å²) in [5.41, 5.74) is 3.58. The number of nitrogens with one attached hydrogen (secondary N) is 2. The fourth-order valence-corrected chi connectivity index (χ4v) is 5.05. The van der Waals surface area contributed by atoms with Gasteiger partial charge < -0.3 is 29.3 Å². The highest BCUT2D eigenvalue weighted by Gasteiger charge is 2.21. The molecular formula is C26H27N5O4. The lowest BCUT2D eigenvalue weighted by Gasteiger charge is -2.32. The van der Waals surface area contributed by atoms with Gasteiger partial charge in [-0.3, -0.25) is 9.59 Å². The largest absolute Gasteiger partial charge is 0.482 e. The normalized spacial score (nSPS) is 16.9. The highest BCUT2D eigenvalue weighted by Crippen LogP contribution is 2.28. The number of hydrogen-bond acceptors (Lipinski definition) is 7. The van der Waals surface area contributed by atoms with Crippen molar-refractivity contribution in [2.75, 3.05) is 31.6 Å². The van der Waals surface area contributed by atoms with E-state index in [-0.39, 0.29) is 18.1 Å². The van der Waals surface area contributed by atoms with Crippen LogP contribution in [0.15, 0.2) is 58.1 Å². The molecule has 1 amide bonds. The molecule has 0 radical (unpaired) electrons. The molecule has 1 saturated heterocycles. The number of pyridine rings is 1. The number of hydrogen-bond donors (Lipinski definition) is 2. The van der Waals surface area contributed by atoms with Crippen molar-refractivity contribution in [2.24, 2.45) is 0 Å². The van der Waals surface area contributed by atoms with E-state index in [0.717, 1.165) is 66.9 Å². The van der Waals surface area contributed by atoms with Crippen LogP contribution >= 0.6 is 0 Å². The second-order valence-corrected chi connectivity index (χ2v) is 9.17. The minimum atomic E-state index is -0.119. The first kappa shape index (κ1) is 21.8. The van der Waals surface area contributed by atoms with Crippen molar-refractivity contribution < 1.29 is 13.9 Å². The van der Waals surface area contributed by atoms with Crippen LogP contribution in [-0.4, -0.2) is 52.6 Å². The number of amides is 1. The average Bonchev–Trinajstić information content (AvgIpc) is 3.38. The van der Waals surface area contributed by atoms with Gasteiger partial charge in [0.15, 0.2) is 24.1 Å². The molecule has 0 unspecified atom stereocenters. The van der Waals surface area contributed by atoms with Gasteiger partial charge in [0.1, 0.15) is 5.75 Å². The zero-order valence-corrected chi connectivity index (χ0v) is 19.3. The highest BCUT2D eigenvalue weighted by molar-refractivity contribution is 6.00. The molecule has 2 aromatic carbocycles. The molecule has 35 heavy (non-hydrogen) atoms. The monoisotopic (exact) mass is 473 g/mol. The van der Waals surface area contributed by atoms with Crippen LogP contribution in [0.2, 0.25) is 0 Å². The number of carbonyl (C=O) groups excluding carboxylic acids is 1. The average molecular weight is 474 g/mol. The summed E-state index contributed by atoms with van der Waals surface area (Å²) in [6.45, 7) is 4.19. The predicted octanol–water partition coefficient (Wildman–Crippen LogP) is 2.73. The van der Waals surface area contributed by atoms with Gasteiger partial charge in [0.2, 0.25) is 0 Å². The van der Waals surface area contributed by atoms with Crippen molar-refractivity contribution >= 4 is 33.6 Å². The van der Waals surface area contributed by atoms with Crippen molar-refractivity contribution in [2.45, 2.75) is 32.0 Å². The molecule has 0 saturated carbocycles. The molecule has 0 aliphatic carbocycles. The Labute approximate surface area is 201 Å². The van der Waals surface area contributed by atoms with Crippen LogP contribution in [0, 0.1) is 0 Å². The zero-order valence-electron chi connectivity index (χ0n) is 19.3. The molecule has 180 valence electrons. The molecule has 1 fully saturated rings. The number of carbonyl (C=O) groups is 1. The number of aromatic nitrogens is 2. The van der Waals surface area contributed by atoms with Gasteiger partial charge in [-0.1, -0.05) is 18.2 Å². The Morgan fingerprint density at radius 3 is 2.83 bits per heavy atom. The van der Waals surface area contributed by atoms with E-state index in [2.05, 4.69) is 20.5 Å². The molecule has 2 aliphatic rings. The maximum absolute atomic E-state index is 13.0. The molecule has 0 spiro atoms. The van der Waals surface area contributed by atoms with Crippen molar-refractivity contribution in [1.29, 1.82) is 0 Å². The number of nitrogens with zero attached hydrogens (tertiary/aromatic N) is 3. The van der Waals surface area contributed by atoms with E-state index in [1.807, 2.05) is 47.0 Å². The summed E-state index contributed by atoms with van der Waals surface area (Å²) >= 11 is 0. The Balaban J connectivity index is 1.05. The third kappa shape index (κ3) is 4.28. The van der Waals surface area contributed by atoms with E-state index in [9.17, 15) is 9.59 Å². The Morgan fingerprint density at radius 1 is 1.09 bits per heavy atom. The number of fused-ring (bicyclic) bond motifs is 4. The Kier molecular flexibility index (Phi) is 5.71. The summed E-state index contributed by atoms with van der Waals surface area (Å²) in [6.07, 6.45) is 3.43. The lowest BCUT2D eigenvalue weighted by atomic mass is 10.0. The SMILES string of the molecule is O=C1COc2ccc(CNC3CCN(CCn4c(=O)c5ncoc5c5ccccc54)CC3)cc2N1. The third-order valence-corrected chi connectivity index (χ3v) is 6.95. The molecule has 4 heterocycles. The Hall–Kier alpha value is -3.69. The summed E-state index contributed by atoms with van der Waals surface area (Å²) in [4.78, 5) is 31.2. The second-order valence-electron chi connectivity index (χ2n) is 9.17. The molecule has 4 aromatic rings. The van der Waals surface area contributed by atoms with Gasteiger partial charge in [-0.15, -0.1) is 0 Å². The fourth-order valence-electron chi connectivity index (χ4n) is 5.05. The first-order valence-electron chi connectivity index (χ1n) is 12.0. The number of likely N-dealkylation sites (tertiary alicyclic amines) is 1. The molecule has 0 bridgehead atoms. The molecule has 9 heteroatoms. The molecule has 2 aliphatic heterocycles. The van der Waals surface area contributed by atoms with Gasteiger partial charge in [-0.2, -0.15) is 0 Å². The lowest BCUT2D eigenvalue weighted by Crippen LogP contribution is -2.43. The molecule has 0 atom stereocenters. The topological polar surface area (TPSA) is 102 Å². The number of piperidine rings is 1. The number of anilines is 1.